The van der Waals surface area contributed by atoms with Gasteiger partial charge < -0.3 is 5.32 Å². The van der Waals surface area contributed by atoms with Crippen LogP contribution in [0.3, 0.4) is 0 Å². The Hall–Kier alpha value is -2.58. The number of primary sulfonamides is 1. The summed E-state index contributed by atoms with van der Waals surface area (Å²) in [6, 6.07) is 7.50. The average Bonchev–Trinajstić information content (AvgIpc) is 2.80. The molecule has 7 nitrogen and oxygen atoms in total. The number of anilines is 1. The van der Waals surface area contributed by atoms with Crippen molar-refractivity contribution in [2.45, 2.75) is 10.8 Å². The zero-order chi connectivity index (χ0) is 15.7. The summed E-state index contributed by atoms with van der Waals surface area (Å²) in [6.45, 7) is 0. The zero-order valence-corrected chi connectivity index (χ0v) is 12.1. The number of aliphatic imine (C=N–C) groups is 1. The van der Waals surface area contributed by atoms with Gasteiger partial charge >= 0.3 is 0 Å². The molecule has 1 amide bonds. The van der Waals surface area contributed by atoms with E-state index in [-0.39, 0.29) is 10.8 Å². The fourth-order valence-corrected chi connectivity index (χ4v) is 2.67. The number of benzene rings is 1. The Balaban J connectivity index is 1.84. The molecule has 1 aromatic heterocycles. The first-order chi connectivity index (χ1) is 10.4. The Kier molecular flexibility index (Phi) is 3.47. The van der Waals surface area contributed by atoms with Gasteiger partial charge in [-0.05, 0) is 30.3 Å². The highest BCUT2D eigenvalue weighted by atomic mass is 32.2. The zero-order valence-electron chi connectivity index (χ0n) is 11.3. The van der Waals surface area contributed by atoms with Gasteiger partial charge in [0.05, 0.1) is 10.6 Å². The van der Waals surface area contributed by atoms with Gasteiger partial charge in [-0.25, -0.2) is 13.6 Å². The predicted molar refractivity (Wildman–Crippen MR) is 81.6 cm³/mol. The molecule has 1 aromatic carbocycles. The highest BCUT2D eigenvalue weighted by Gasteiger charge is 2.28. The molecule has 0 radical (unpaired) electrons. The molecule has 0 bridgehead atoms. The first-order valence-electron chi connectivity index (χ1n) is 6.37. The van der Waals surface area contributed by atoms with Crippen LogP contribution in [0.1, 0.15) is 11.5 Å². The number of nitrogens with two attached hydrogens (primary N) is 1. The third-order valence-electron chi connectivity index (χ3n) is 3.27. The largest absolute Gasteiger partial charge is 0.325 e. The van der Waals surface area contributed by atoms with Crippen molar-refractivity contribution in [2.75, 3.05) is 5.32 Å². The van der Waals surface area contributed by atoms with Crippen LogP contribution in [0, 0.1) is 0 Å². The molecule has 22 heavy (non-hydrogen) atoms. The van der Waals surface area contributed by atoms with E-state index in [0.29, 0.717) is 5.69 Å². The minimum atomic E-state index is -3.72. The van der Waals surface area contributed by atoms with Crippen LogP contribution in [0.15, 0.2) is 52.6 Å². The van der Waals surface area contributed by atoms with Gasteiger partial charge in [0, 0.05) is 29.9 Å². The lowest BCUT2D eigenvalue weighted by molar-refractivity contribution is -0.115. The number of hydrogen-bond acceptors (Lipinski definition) is 5. The smallest absolute Gasteiger partial charge is 0.238 e. The van der Waals surface area contributed by atoms with Gasteiger partial charge in [0.1, 0.15) is 5.92 Å². The molecule has 0 saturated carbocycles. The Morgan fingerprint density at radius 3 is 2.64 bits per heavy atom. The highest BCUT2D eigenvalue weighted by molar-refractivity contribution is 7.89. The minimum Gasteiger partial charge on any atom is -0.325 e. The van der Waals surface area contributed by atoms with Gasteiger partial charge in [0.25, 0.3) is 0 Å². The number of nitrogens with zero attached hydrogens (tertiary/aromatic N) is 2. The van der Waals surface area contributed by atoms with E-state index in [0.717, 1.165) is 11.3 Å². The molecule has 112 valence electrons. The van der Waals surface area contributed by atoms with Crippen LogP contribution in [0.4, 0.5) is 11.4 Å². The number of carbonyl (C=O) groups is 1. The van der Waals surface area contributed by atoms with E-state index >= 15 is 0 Å². The number of rotatable bonds is 3. The summed E-state index contributed by atoms with van der Waals surface area (Å²) in [4.78, 5) is 20.1. The molecular formula is C14H12N4O3S. The summed E-state index contributed by atoms with van der Waals surface area (Å²) in [5, 5.41) is 7.77. The summed E-state index contributed by atoms with van der Waals surface area (Å²) in [5.41, 5.74) is 2.01. The van der Waals surface area contributed by atoms with E-state index in [2.05, 4.69) is 15.3 Å². The van der Waals surface area contributed by atoms with Crippen molar-refractivity contribution in [1.29, 1.82) is 0 Å². The molecule has 8 heteroatoms. The van der Waals surface area contributed by atoms with Crippen LogP contribution in [0.25, 0.3) is 0 Å². The van der Waals surface area contributed by atoms with Crippen molar-refractivity contribution < 1.29 is 13.2 Å². The first-order valence-corrected chi connectivity index (χ1v) is 7.91. The molecule has 2 aromatic rings. The number of aromatic nitrogens is 1. The molecule has 3 rings (SSSR count). The van der Waals surface area contributed by atoms with Gasteiger partial charge in [-0.1, -0.05) is 0 Å². The SMILES string of the molecule is NS(=O)(=O)c1ccc(N=CC2C(=O)Nc3ccncc32)cc1. The Morgan fingerprint density at radius 1 is 1.23 bits per heavy atom. The van der Waals surface area contributed by atoms with Crippen molar-refractivity contribution in [1.82, 2.24) is 4.98 Å². The molecule has 2 heterocycles. The van der Waals surface area contributed by atoms with Crippen LogP contribution in [-0.4, -0.2) is 25.5 Å². The Bertz CT molecular complexity index is 860. The summed E-state index contributed by atoms with van der Waals surface area (Å²) < 4.78 is 22.3. The topological polar surface area (TPSA) is 115 Å². The predicted octanol–water partition coefficient (Wildman–Crippen LogP) is 1.17. The van der Waals surface area contributed by atoms with Gasteiger partial charge in [0.15, 0.2) is 0 Å². The molecule has 0 saturated heterocycles. The normalized spacial score (nSPS) is 17.5. The second-order valence-corrected chi connectivity index (χ2v) is 6.31. The van der Waals surface area contributed by atoms with Crippen LogP contribution in [-0.2, 0) is 14.8 Å². The lowest BCUT2D eigenvalue weighted by Gasteiger charge is -2.02. The molecule has 3 N–H and O–H groups in total. The first kappa shape index (κ1) is 14.4. The molecule has 0 fully saturated rings. The maximum atomic E-state index is 11.9. The van der Waals surface area contributed by atoms with Crippen LogP contribution >= 0.6 is 0 Å². The van der Waals surface area contributed by atoms with Crippen molar-refractivity contribution in [3.05, 3.63) is 48.3 Å². The maximum absolute atomic E-state index is 11.9. The fraction of sp³-hybridized carbons (Fsp3) is 0.0714. The third kappa shape index (κ3) is 2.74. The standard InChI is InChI=1S/C14H12N4O3S/c15-22(20,21)10-3-1-9(2-4-10)17-8-12-11-7-16-6-5-13(11)18-14(12)19/h1-8,12H,(H,18,19)(H2,15,20,21). The van der Waals surface area contributed by atoms with E-state index in [1.54, 1.807) is 18.5 Å². The molecule has 1 aliphatic heterocycles. The molecule has 1 aliphatic rings. The number of pyridine rings is 1. The molecule has 1 unspecified atom stereocenters. The number of hydrogen-bond donors (Lipinski definition) is 2. The number of sulfonamides is 1. The van der Waals surface area contributed by atoms with Crippen molar-refractivity contribution in [2.24, 2.45) is 10.1 Å². The monoisotopic (exact) mass is 316 g/mol. The average molecular weight is 316 g/mol. The molecule has 0 aliphatic carbocycles. The van der Waals surface area contributed by atoms with E-state index in [1.807, 2.05) is 0 Å². The van der Waals surface area contributed by atoms with Crippen molar-refractivity contribution in [3.8, 4) is 0 Å². The number of amides is 1. The minimum absolute atomic E-state index is 0.0135. The van der Waals surface area contributed by atoms with Gasteiger partial charge in [-0.2, -0.15) is 0 Å². The quantitative estimate of drug-likeness (QED) is 0.827. The van der Waals surface area contributed by atoms with E-state index < -0.39 is 15.9 Å². The van der Waals surface area contributed by atoms with Crippen LogP contribution < -0.4 is 10.5 Å². The Labute approximate surface area is 127 Å². The highest BCUT2D eigenvalue weighted by Crippen LogP contribution is 2.30. The van der Waals surface area contributed by atoms with Gasteiger partial charge in [0.2, 0.25) is 15.9 Å². The second-order valence-electron chi connectivity index (χ2n) is 4.75. The molecule has 0 spiro atoms. The van der Waals surface area contributed by atoms with Crippen molar-refractivity contribution >= 4 is 33.5 Å². The lowest BCUT2D eigenvalue weighted by Crippen LogP contribution is -2.13. The van der Waals surface area contributed by atoms with Crippen LogP contribution in [0.2, 0.25) is 0 Å². The van der Waals surface area contributed by atoms with E-state index in [9.17, 15) is 13.2 Å². The van der Waals surface area contributed by atoms with Crippen LogP contribution in [0.5, 0.6) is 0 Å². The van der Waals surface area contributed by atoms with Gasteiger partial charge in [-0.3, -0.25) is 14.8 Å². The molecular weight excluding hydrogens is 304 g/mol. The fourth-order valence-electron chi connectivity index (χ4n) is 2.15. The van der Waals surface area contributed by atoms with E-state index in [4.69, 9.17) is 5.14 Å². The summed E-state index contributed by atoms with van der Waals surface area (Å²) in [5.74, 6) is -0.686. The molecule has 1 atom stereocenters. The second kappa shape index (κ2) is 5.32. The summed E-state index contributed by atoms with van der Waals surface area (Å²) in [7, 11) is -3.72. The number of fused-ring (bicyclic) bond motifs is 1. The maximum Gasteiger partial charge on any atom is 0.238 e. The Morgan fingerprint density at radius 2 is 1.95 bits per heavy atom. The van der Waals surface area contributed by atoms with Crippen molar-refractivity contribution in [3.63, 3.8) is 0 Å². The summed E-state index contributed by atoms with van der Waals surface area (Å²) >= 11 is 0. The van der Waals surface area contributed by atoms with E-state index in [1.165, 1.54) is 30.5 Å². The summed E-state index contributed by atoms with van der Waals surface area (Å²) in [6.07, 6.45) is 4.73. The lowest BCUT2D eigenvalue weighted by atomic mass is 10.0. The number of nitrogens with one attached hydrogen (secondary N) is 1. The van der Waals surface area contributed by atoms with Gasteiger partial charge in [-0.15, -0.1) is 0 Å². The number of carbonyl (C=O) groups excluding carboxylic acids is 1. The third-order valence-corrected chi connectivity index (χ3v) is 4.19.